The van der Waals surface area contributed by atoms with E-state index in [1.165, 1.54) is 17.4 Å². The number of nitrogens with one attached hydrogen (secondary N) is 2. The summed E-state index contributed by atoms with van der Waals surface area (Å²) in [7, 11) is 0. The number of pyridine rings is 2. The minimum atomic E-state index is -4.94. The number of carbonyl (C=O) groups excluding carboxylic acids is 1. The summed E-state index contributed by atoms with van der Waals surface area (Å²) in [5.41, 5.74) is 6.77. The largest absolute Gasteiger partial charge is 0.434 e. The van der Waals surface area contributed by atoms with E-state index in [0.717, 1.165) is 12.4 Å². The number of nitrogens with zero attached hydrogens (tertiary/aromatic N) is 7. The van der Waals surface area contributed by atoms with E-state index in [1.54, 1.807) is 30.5 Å². The molecule has 0 aliphatic carbocycles. The molecule has 4 aromatic rings. The van der Waals surface area contributed by atoms with Crippen molar-refractivity contribution in [3.63, 3.8) is 0 Å². The highest BCUT2D eigenvalue weighted by atomic mass is 19.4. The minimum Gasteiger partial charge on any atom is -0.383 e. The highest BCUT2D eigenvalue weighted by molar-refractivity contribution is 6.05. The van der Waals surface area contributed by atoms with Gasteiger partial charge in [0.15, 0.2) is 11.5 Å². The molecule has 0 radical (unpaired) electrons. The number of benzene rings is 1. The number of hydrazone groups is 1. The number of halogens is 3. The van der Waals surface area contributed by atoms with Crippen LogP contribution in [0.15, 0.2) is 54.0 Å². The topological polar surface area (TPSA) is 150 Å². The molecule has 5 rings (SSSR count). The van der Waals surface area contributed by atoms with Crippen molar-refractivity contribution >= 4 is 40.2 Å². The first kappa shape index (κ1) is 22.7. The van der Waals surface area contributed by atoms with Crippen LogP contribution in [0.4, 0.5) is 30.5 Å². The summed E-state index contributed by atoms with van der Waals surface area (Å²) in [5.74, 6) is -0.764. The van der Waals surface area contributed by atoms with Gasteiger partial charge in [-0.05, 0) is 6.07 Å². The van der Waals surface area contributed by atoms with E-state index in [4.69, 9.17) is 5.73 Å². The monoisotopic (exact) mass is 492 g/mol. The average molecular weight is 492 g/mol. The van der Waals surface area contributed by atoms with Crippen LogP contribution in [0.5, 0.6) is 0 Å². The number of nitrogen functional groups attached to an aromatic ring is 1. The fraction of sp³-hybridized carbons (Fsp3) is 0.0909. The van der Waals surface area contributed by atoms with Crippen molar-refractivity contribution in [1.82, 2.24) is 25.2 Å². The average Bonchev–Trinajstić information content (AvgIpc) is 3.55. The van der Waals surface area contributed by atoms with E-state index in [9.17, 15) is 23.2 Å². The van der Waals surface area contributed by atoms with E-state index in [1.807, 2.05) is 6.07 Å². The van der Waals surface area contributed by atoms with Gasteiger partial charge in [0.1, 0.15) is 17.5 Å². The maximum atomic E-state index is 14.2. The van der Waals surface area contributed by atoms with Gasteiger partial charge in [-0.2, -0.15) is 33.8 Å². The molecule has 0 atom stereocenters. The lowest BCUT2D eigenvalue weighted by Gasteiger charge is -2.16. The second kappa shape index (κ2) is 8.64. The first-order valence-electron chi connectivity index (χ1n) is 10.3. The Labute approximate surface area is 200 Å². The number of carbonyl (C=O) groups is 1. The number of fused-ring (bicyclic) bond motifs is 1. The van der Waals surface area contributed by atoms with Crippen LogP contribution >= 0.6 is 0 Å². The maximum Gasteiger partial charge on any atom is 0.434 e. The van der Waals surface area contributed by atoms with Crippen LogP contribution in [0.25, 0.3) is 16.5 Å². The summed E-state index contributed by atoms with van der Waals surface area (Å²) in [4.78, 5) is 21.0. The van der Waals surface area contributed by atoms with Crippen molar-refractivity contribution in [3.05, 3.63) is 65.7 Å². The zero-order valence-electron chi connectivity index (χ0n) is 18.2. The highest BCUT2D eigenvalue weighted by Gasteiger charge is 2.41. The Balaban J connectivity index is 1.54. The molecule has 11 nitrogen and oxygen atoms in total. The van der Waals surface area contributed by atoms with Gasteiger partial charge in [0.25, 0.3) is 5.91 Å². The van der Waals surface area contributed by atoms with Gasteiger partial charge in [-0.25, -0.2) is 20.1 Å². The number of alkyl halides is 3. The minimum absolute atomic E-state index is 0.00243. The Morgan fingerprint density at radius 3 is 2.64 bits per heavy atom. The first-order chi connectivity index (χ1) is 17.3. The summed E-state index contributed by atoms with van der Waals surface area (Å²) in [6.07, 6.45) is -0.185. The van der Waals surface area contributed by atoms with Crippen LogP contribution in [0.1, 0.15) is 21.6 Å². The Morgan fingerprint density at radius 2 is 1.94 bits per heavy atom. The third kappa shape index (κ3) is 3.93. The van der Waals surface area contributed by atoms with Gasteiger partial charge in [0.2, 0.25) is 0 Å². The smallest absolute Gasteiger partial charge is 0.383 e. The second-order valence-electron chi connectivity index (χ2n) is 7.52. The highest BCUT2D eigenvalue weighted by Crippen LogP contribution is 2.36. The fourth-order valence-corrected chi connectivity index (χ4v) is 3.73. The van der Waals surface area contributed by atoms with Gasteiger partial charge < -0.3 is 11.1 Å². The number of anilines is 3. The molecule has 1 aliphatic heterocycles. The van der Waals surface area contributed by atoms with Crippen LogP contribution in [0, 0.1) is 11.3 Å². The molecule has 0 saturated heterocycles. The summed E-state index contributed by atoms with van der Waals surface area (Å²) in [6.45, 7) is 0.439. The quantitative estimate of drug-likeness (QED) is 0.394. The molecule has 180 valence electrons. The van der Waals surface area contributed by atoms with E-state index in [2.05, 4.69) is 30.9 Å². The van der Waals surface area contributed by atoms with Crippen molar-refractivity contribution in [2.75, 3.05) is 22.7 Å². The molecule has 1 aromatic carbocycles. The Bertz CT molecular complexity index is 1570. The molecule has 4 N–H and O–H groups in total. The summed E-state index contributed by atoms with van der Waals surface area (Å²) in [5, 5.41) is 21.8. The van der Waals surface area contributed by atoms with Crippen molar-refractivity contribution in [3.8, 4) is 11.8 Å². The number of hydrogen-bond acceptors (Lipinski definition) is 9. The standard InChI is InChI=1S/C22H15F3N10O/c23-22(24,25)18-16(10-32-34(18)17-11-28-19(27)15-4-2-1-3-14(15)17)21(36)33-13-7-12(8-26)20(29-9-13)35-30-5-6-31-35/h1-5,7,9-11,31H,6H2,(H2,27,28)(H,33,36). The summed E-state index contributed by atoms with van der Waals surface area (Å²) < 4.78 is 43.2. The molecular formula is C22H15F3N10O. The second-order valence-corrected chi connectivity index (χ2v) is 7.52. The van der Waals surface area contributed by atoms with Crippen LogP contribution in [-0.4, -0.2) is 38.4 Å². The number of aromatic nitrogens is 4. The van der Waals surface area contributed by atoms with Crippen LogP contribution in [0.2, 0.25) is 0 Å². The molecule has 0 unspecified atom stereocenters. The van der Waals surface area contributed by atoms with Crippen LogP contribution < -0.4 is 21.6 Å². The van der Waals surface area contributed by atoms with E-state index in [-0.39, 0.29) is 28.6 Å². The molecule has 0 spiro atoms. The maximum absolute atomic E-state index is 14.2. The number of nitriles is 1. The van der Waals surface area contributed by atoms with Crippen molar-refractivity contribution in [2.45, 2.75) is 6.18 Å². The molecular weight excluding hydrogens is 477 g/mol. The number of hydrazine groups is 1. The van der Waals surface area contributed by atoms with Gasteiger partial charge in [-0.3, -0.25) is 4.79 Å². The summed E-state index contributed by atoms with van der Waals surface area (Å²) >= 11 is 0. The lowest BCUT2D eigenvalue weighted by atomic mass is 10.1. The first-order valence-corrected chi connectivity index (χ1v) is 10.3. The summed E-state index contributed by atoms with van der Waals surface area (Å²) in [6, 6.07) is 9.73. The van der Waals surface area contributed by atoms with Crippen molar-refractivity contribution in [2.24, 2.45) is 5.10 Å². The normalized spacial score (nSPS) is 13.2. The fourth-order valence-electron chi connectivity index (χ4n) is 3.73. The third-order valence-corrected chi connectivity index (χ3v) is 5.29. The van der Waals surface area contributed by atoms with Gasteiger partial charge in [0.05, 0.1) is 42.1 Å². The molecule has 36 heavy (non-hydrogen) atoms. The Morgan fingerprint density at radius 1 is 1.17 bits per heavy atom. The molecule has 0 saturated carbocycles. The number of amides is 1. The van der Waals surface area contributed by atoms with E-state index >= 15 is 0 Å². The van der Waals surface area contributed by atoms with E-state index < -0.39 is 23.3 Å². The number of rotatable bonds is 4. The van der Waals surface area contributed by atoms with Crippen molar-refractivity contribution < 1.29 is 18.0 Å². The van der Waals surface area contributed by atoms with Gasteiger partial charge in [-0.1, -0.05) is 24.3 Å². The van der Waals surface area contributed by atoms with E-state index in [0.29, 0.717) is 22.0 Å². The SMILES string of the molecule is N#Cc1cc(NC(=O)c2cnn(-c3cnc(N)c4ccccc34)c2C(F)(F)F)cnc1N1N=CCN1. The van der Waals surface area contributed by atoms with Gasteiger partial charge in [-0.15, -0.1) is 0 Å². The zero-order chi connectivity index (χ0) is 25.4. The molecule has 0 bridgehead atoms. The Hall–Kier alpha value is -5.03. The molecule has 3 aromatic heterocycles. The molecule has 1 aliphatic rings. The zero-order valence-corrected chi connectivity index (χ0v) is 18.2. The predicted octanol–water partition coefficient (Wildman–Crippen LogP) is 2.85. The molecule has 14 heteroatoms. The number of nitrogens with two attached hydrogens (primary N) is 1. The lowest BCUT2D eigenvalue weighted by Crippen LogP contribution is -2.29. The molecule has 4 heterocycles. The molecule has 1 amide bonds. The van der Waals surface area contributed by atoms with Crippen LogP contribution in [0.3, 0.4) is 0 Å². The van der Waals surface area contributed by atoms with Crippen molar-refractivity contribution in [1.29, 1.82) is 5.26 Å². The number of hydrogen-bond donors (Lipinski definition) is 3. The van der Waals surface area contributed by atoms with Gasteiger partial charge in [0, 0.05) is 17.0 Å². The van der Waals surface area contributed by atoms with Crippen LogP contribution in [-0.2, 0) is 6.18 Å². The molecule has 0 fully saturated rings. The Kier molecular flexibility index (Phi) is 5.46. The predicted molar refractivity (Wildman–Crippen MR) is 124 cm³/mol. The van der Waals surface area contributed by atoms with Gasteiger partial charge >= 0.3 is 6.18 Å². The lowest BCUT2D eigenvalue weighted by molar-refractivity contribution is -0.143. The third-order valence-electron chi connectivity index (χ3n) is 5.29.